The van der Waals surface area contributed by atoms with E-state index in [1.54, 1.807) is 42.0 Å². The highest BCUT2D eigenvalue weighted by Gasteiger charge is 2.43. The molecule has 0 spiro atoms. The summed E-state index contributed by atoms with van der Waals surface area (Å²) in [6.45, 7) is 7.39. The van der Waals surface area contributed by atoms with Gasteiger partial charge < -0.3 is 45.1 Å². The highest BCUT2D eigenvalue weighted by Crippen LogP contribution is 2.29. The molecular formula is C37H62N6O9. The number of likely N-dealkylation sites (N-methyl/N-ethyl adjacent to an activating group) is 2. The number of ether oxygens (including phenoxy) is 4. The van der Waals surface area contributed by atoms with Gasteiger partial charge in [-0.1, -0.05) is 34.1 Å². The molecule has 1 aromatic rings. The minimum Gasteiger partial charge on any atom is -0.493 e. The van der Waals surface area contributed by atoms with Crippen LogP contribution in [-0.2, 0) is 28.7 Å². The maximum absolute atomic E-state index is 14.0. The van der Waals surface area contributed by atoms with E-state index in [2.05, 4.69) is 10.6 Å². The summed E-state index contributed by atoms with van der Waals surface area (Å²) in [4.78, 5) is 71.4. The van der Waals surface area contributed by atoms with Crippen molar-refractivity contribution in [2.75, 3.05) is 69.2 Å². The summed E-state index contributed by atoms with van der Waals surface area (Å²) in [5, 5.41) is 5.48. The second kappa shape index (κ2) is 21.0. The third kappa shape index (κ3) is 11.6. The molecule has 0 radical (unpaired) electrons. The molecule has 4 N–H and O–H groups in total. The van der Waals surface area contributed by atoms with Gasteiger partial charge in [-0.25, -0.2) is 0 Å². The Morgan fingerprint density at radius 3 is 2.10 bits per heavy atom. The van der Waals surface area contributed by atoms with Crippen LogP contribution < -0.4 is 25.8 Å². The van der Waals surface area contributed by atoms with Crippen LogP contribution in [0.2, 0.25) is 0 Å². The predicted molar refractivity (Wildman–Crippen MR) is 197 cm³/mol. The molecule has 1 aliphatic heterocycles. The van der Waals surface area contributed by atoms with Crippen molar-refractivity contribution >= 4 is 29.4 Å². The zero-order chi connectivity index (χ0) is 39.3. The number of likely N-dealkylation sites (tertiary alicyclic amines) is 1. The molecule has 1 aliphatic rings. The zero-order valence-corrected chi connectivity index (χ0v) is 32.9. The van der Waals surface area contributed by atoms with Crippen molar-refractivity contribution < 1.29 is 42.9 Å². The Kier molecular flexibility index (Phi) is 18.0. The van der Waals surface area contributed by atoms with Crippen LogP contribution in [0.3, 0.4) is 0 Å². The van der Waals surface area contributed by atoms with Gasteiger partial charge in [-0.15, -0.1) is 0 Å². The second-order valence-electron chi connectivity index (χ2n) is 14.0. The number of hydrogen-bond donors (Lipinski definition) is 3. The van der Waals surface area contributed by atoms with E-state index in [1.807, 2.05) is 39.8 Å². The molecule has 15 heteroatoms. The molecule has 2 rings (SSSR count). The number of methoxy groups -OCH3 is 4. The van der Waals surface area contributed by atoms with Gasteiger partial charge in [-0.3, -0.25) is 28.9 Å². The summed E-state index contributed by atoms with van der Waals surface area (Å²) in [7, 11) is 11.3. The van der Waals surface area contributed by atoms with Gasteiger partial charge >= 0.3 is 0 Å². The fraction of sp³-hybridized carbons (Fsp3) is 0.703. The van der Waals surface area contributed by atoms with E-state index in [0.717, 1.165) is 6.42 Å². The maximum atomic E-state index is 14.0. The lowest BCUT2D eigenvalue weighted by atomic mass is 9.93. The van der Waals surface area contributed by atoms with Gasteiger partial charge in [0.15, 0.2) is 17.3 Å². The number of carbonyl (C=O) groups excluding carboxylic acids is 5. The van der Waals surface area contributed by atoms with E-state index >= 15 is 0 Å². The third-order valence-corrected chi connectivity index (χ3v) is 9.84. The van der Waals surface area contributed by atoms with Gasteiger partial charge in [0.1, 0.15) is 0 Å². The molecule has 5 unspecified atom stereocenters. The van der Waals surface area contributed by atoms with Crippen molar-refractivity contribution in [1.29, 1.82) is 0 Å². The molecule has 4 amide bonds. The van der Waals surface area contributed by atoms with Gasteiger partial charge in [0.25, 0.3) is 0 Å². The number of benzene rings is 1. The number of ketones is 1. The largest absolute Gasteiger partial charge is 0.493 e. The minimum absolute atomic E-state index is 0.0404. The molecule has 294 valence electrons. The monoisotopic (exact) mass is 734 g/mol. The Bertz CT molecular complexity index is 1350. The summed E-state index contributed by atoms with van der Waals surface area (Å²) >= 11 is 0. The molecule has 1 aromatic carbocycles. The first-order chi connectivity index (χ1) is 24.6. The highest BCUT2D eigenvalue weighted by atomic mass is 16.5. The fourth-order valence-corrected chi connectivity index (χ4v) is 7.08. The van der Waals surface area contributed by atoms with Crippen molar-refractivity contribution in [2.45, 2.75) is 89.8 Å². The lowest BCUT2D eigenvalue weighted by Crippen LogP contribution is -2.53. The lowest BCUT2D eigenvalue weighted by Gasteiger charge is -2.37. The van der Waals surface area contributed by atoms with E-state index in [4.69, 9.17) is 24.7 Å². The summed E-state index contributed by atoms with van der Waals surface area (Å²) in [5.41, 5.74) is 6.72. The molecular weight excluding hydrogens is 672 g/mol. The smallest absolute Gasteiger partial charge is 0.242 e. The third-order valence-electron chi connectivity index (χ3n) is 9.84. The SMILES string of the molecule is CCC[C@@H](C(CC(=O)N1CC(N)C[C@H]1C(OC)C(C)C(=O)NCC(=O)c1ccc(OC)c(OC)c1)OC)N(C)C(=O)CNC(=O)C(C(C)C)N(C)C. The second-order valence-corrected chi connectivity index (χ2v) is 14.0. The van der Waals surface area contributed by atoms with Gasteiger partial charge in [0, 0.05) is 39.4 Å². The fourth-order valence-electron chi connectivity index (χ4n) is 7.08. The first kappa shape index (κ1) is 44.4. The number of nitrogens with two attached hydrogens (primary N) is 1. The molecule has 1 fully saturated rings. The quantitative estimate of drug-likeness (QED) is 0.155. The number of rotatable bonds is 21. The predicted octanol–water partition coefficient (Wildman–Crippen LogP) is 1.32. The van der Waals surface area contributed by atoms with Crippen molar-refractivity contribution in [3.63, 3.8) is 0 Å². The average molecular weight is 735 g/mol. The Hall–Kier alpha value is -3.79. The van der Waals surface area contributed by atoms with Crippen LogP contribution in [0.25, 0.3) is 0 Å². The summed E-state index contributed by atoms with van der Waals surface area (Å²) in [6, 6.07) is 3.08. The number of hydrogen-bond acceptors (Lipinski definition) is 11. The molecule has 0 aliphatic carbocycles. The topological polar surface area (TPSA) is 182 Å². The van der Waals surface area contributed by atoms with E-state index < -0.39 is 36.1 Å². The van der Waals surface area contributed by atoms with E-state index in [0.29, 0.717) is 29.9 Å². The molecule has 0 saturated carbocycles. The summed E-state index contributed by atoms with van der Waals surface area (Å²) < 4.78 is 22.2. The van der Waals surface area contributed by atoms with Crippen molar-refractivity contribution in [3.05, 3.63) is 23.8 Å². The molecule has 0 aromatic heterocycles. The Labute approximate surface area is 309 Å². The molecule has 15 nitrogen and oxygen atoms in total. The minimum atomic E-state index is -0.735. The highest BCUT2D eigenvalue weighted by molar-refractivity contribution is 6.00. The van der Waals surface area contributed by atoms with Gasteiger partial charge in [0.2, 0.25) is 23.6 Å². The number of nitrogens with zero attached hydrogens (tertiary/aromatic N) is 3. The van der Waals surface area contributed by atoms with Crippen LogP contribution in [0.4, 0.5) is 0 Å². The van der Waals surface area contributed by atoms with Crippen LogP contribution in [0.5, 0.6) is 11.5 Å². The van der Waals surface area contributed by atoms with E-state index in [9.17, 15) is 24.0 Å². The van der Waals surface area contributed by atoms with Crippen molar-refractivity contribution in [2.24, 2.45) is 17.6 Å². The van der Waals surface area contributed by atoms with Crippen LogP contribution in [-0.4, -0.2) is 150 Å². The molecule has 7 atom stereocenters. The van der Waals surface area contributed by atoms with Crippen LogP contribution in [0.1, 0.15) is 63.7 Å². The normalized spacial score (nSPS) is 18.7. The Balaban J connectivity index is 2.14. The van der Waals surface area contributed by atoms with Crippen molar-refractivity contribution in [3.8, 4) is 11.5 Å². The van der Waals surface area contributed by atoms with E-state index in [1.165, 1.54) is 28.4 Å². The number of nitrogens with one attached hydrogen (secondary N) is 2. The number of carbonyl (C=O) groups is 5. The van der Waals surface area contributed by atoms with Gasteiger partial charge in [-0.05, 0) is 51.1 Å². The van der Waals surface area contributed by atoms with Crippen molar-refractivity contribution in [1.82, 2.24) is 25.3 Å². The standard InChI is InChI=1S/C37H62N6O9/c1-12-13-26(42(7)33(46)20-40-37(48)34(22(2)3)41(5)6)30(50-9)18-32(45)43-21-25(38)17-27(43)35(52-11)23(4)36(47)39-19-28(44)24-14-15-29(49-8)31(16-24)51-10/h14-16,22-23,25-27,30,34-35H,12-13,17-21,38H2,1-11H3,(H,39,47)(H,40,48)/t23?,25?,26-,27-,30?,34?,35?/m0/s1. The van der Waals surface area contributed by atoms with E-state index in [-0.39, 0.29) is 67.6 Å². The Morgan fingerprint density at radius 1 is 0.923 bits per heavy atom. The van der Waals surface area contributed by atoms with Gasteiger partial charge in [0.05, 0.1) is 70.0 Å². The number of Topliss-reactive ketones (excluding diaryl/α,β-unsaturated/α-hetero) is 1. The van der Waals surface area contributed by atoms with Crippen LogP contribution >= 0.6 is 0 Å². The summed E-state index contributed by atoms with van der Waals surface area (Å²) in [6.07, 6.45) is 0.293. The zero-order valence-electron chi connectivity index (χ0n) is 32.9. The molecule has 1 saturated heterocycles. The molecule has 0 bridgehead atoms. The number of amides is 4. The van der Waals surface area contributed by atoms with Crippen LogP contribution in [0.15, 0.2) is 18.2 Å². The average Bonchev–Trinajstić information content (AvgIpc) is 3.50. The Morgan fingerprint density at radius 2 is 1.56 bits per heavy atom. The van der Waals surface area contributed by atoms with Gasteiger partial charge in [-0.2, -0.15) is 0 Å². The first-order valence-corrected chi connectivity index (χ1v) is 17.9. The lowest BCUT2D eigenvalue weighted by molar-refractivity contribution is -0.144. The summed E-state index contributed by atoms with van der Waals surface area (Å²) in [5.74, 6) is -1.31. The molecule has 1 heterocycles. The molecule has 52 heavy (non-hydrogen) atoms. The first-order valence-electron chi connectivity index (χ1n) is 17.9. The maximum Gasteiger partial charge on any atom is 0.242 e. The van der Waals surface area contributed by atoms with Crippen LogP contribution in [0, 0.1) is 11.8 Å².